The molecule has 0 aromatic carbocycles. The highest BCUT2D eigenvalue weighted by atomic mass is 15.1. The summed E-state index contributed by atoms with van der Waals surface area (Å²) in [5.74, 6) is 0.967. The number of fused-ring (bicyclic) bond motifs is 1. The monoisotopic (exact) mass is 313 g/mol. The molecule has 2 aromatic heterocycles. The van der Waals surface area contributed by atoms with E-state index in [1.165, 1.54) is 11.1 Å². The fourth-order valence-corrected chi connectivity index (χ4v) is 3.50. The average molecular weight is 313 g/mol. The van der Waals surface area contributed by atoms with Gasteiger partial charge in [-0.3, -0.25) is 0 Å². The van der Waals surface area contributed by atoms with Gasteiger partial charge in [0.15, 0.2) is 5.65 Å². The molecule has 2 N–H and O–H groups in total. The van der Waals surface area contributed by atoms with E-state index in [0.717, 1.165) is 54.2 Å². The van der Waals surface area contributed by atoms with E-state index in [0.29, 0.717) is 6.04 Å². The van der Waals surface area contributed by atoms with Gasteiger partial charge in [-0.1, -0.05) is 0 Å². The van der Waals surface area contributed by atoms with Gasteiger partial charge in [-0.15, -0.1) is 0 Å². The molecule has 2 aromatic rings. The molecule has 5 heteroatoms. The average Bonchev–Trinajstić information content (AvgIpc) is 2.51. The van der Waals surface area contributed by atoms with E-state index in [2.05, 4.69) is 47.5 Å². The van der Waals surface area contributed by atoms with Crippen molar-refractivity contribution in [1.82, 2.24) is 14.9 Å². The molecular formula is C18H27N5. The van der Waals surface area contributed by atoms with Crippen LogP contribution < -0.4 is 10.6 Å². The number of hydrogen-bond donors (Lipinski definition) is 2. The molecule has 0 saturated carbocycles. The van der Waals surface area contributed by atoms with E-state index in [1.54, 1.807) is 0 Å². The zero-order chi connectivity index (χ0) is 16.6. The summed E-state index contributed by atoms with van der Waals surface area (Å²) in [5.41, 5.74) is 5.37. The second-order valence-corrected chi connectivity index (χ2v) is 6.71. The van der Waals surface area contributed by atoms with E-state index in [9.17, 15) is 0 Å². The molecule has 3 heterocycles. The summed E-state index contributed by atoms with van der Waals surface area (Å²) in [6.07, 6.45) is 2.32. The van der Waals surface area contributed by atoms with E-state index >= 15 is 0 Å². The Morgan fingerprint density at radius 1 is 1.13 bits per heavy atom. The first-order valence-electron chi connectivity index (χ1n) is 8.41. The van der Waals surface area contributed by atoms with Crippen molar-refractivity contribution in [2.75, 3.05) is 37.8 Å². The molecule has 0 spiro atoms. The normalized spacial score (nSPS) is 16.7. The molecule has 1 aliphatic rings. The molecule has 0 atom stereocenters. The van der Waals surface area contributed by atoms with E-state index in [1.807, 2.05) is 14.0 Å². The van der Waals surface area contributed by atoms with Crippen LogP contribution in [0.4, 0.5) is 11.5 Å². The molecule has 3 rings (SSSR count). The minimum absolute atomic E-state index is 0.491. The van der Waals surface area contributed by atoms with Gasteiger partial charge < -0.3 is 15.5 Å². The van der Waals surface area contributed by atoms with Crippen molar-refractivity contribution in [1.29, 1.82) is 0 Å². The van der Waals surface area contributed by atoms with Gasteiger partial charge in [0.25, 0.3) is 0 Å². The molecule has 0 unspecified atom stereocenters. The third-order valence-electron chi connectivity index (χ3n) is 4.83. The van der Waals surface area contributed by atoms with Crippen molar-refractivity contribution >= 4 is 22.5 Å². The zero-order valence-corrected chi connectivity index (χ0v) is 14.8. The van der Waals surface area contributed by atoms with Crippen molar-refractivity contribution in [2.45, 2.75) is 39.7 Å². The molecule has 5 nitrogen and oxygen atoms in total. The zero-order valence-electron chi connectivity index (χ0n) is 14.8. The highest BCUT2D eigenvalue weighted by molar-refractivity contribution is 5.95. The Kier molecular flexibility index (Phi) is 4.39. The van der Waals surface area contributed by atoms with E-state index in [-0.39, 0.29) is 0 Å². The number of rotatable bonds is 3. The highest BCUT2D eigenvalue weighted by Gasteiger charge is 2.20. The van der Waals surface area contributed by atoms with Gasteiger partial charge in [-0.2, -0.15) is 0 Å². The predicted octanol–water partition coefficient (Wildman–Crippen LogP) is 3.10. The standard InChI is InChI=1S/C18H27N5/c1-11-10-12(2)20-18-15(11)16(19-4)13(3)17(22-18)21-14-6-8-23(5)9-7-14/h10,14H,6-9H2,1-5H3,(H2,19,20,21,22). The lowest BCUT2D eigenvalue weighted by atomic mass is 10.0. The maximum atomic E-state index is 4.84. The fourth-order valence-electron chi connectivity index (χ4n) is 3.50. The minimum Gasteiger partial charge on any atom is -0.387 e. The van der Waals surface area contributed by atoms with E-state index in [4.69, 9.17) is 4.98 Å². The molecule has 1 fully saturated rings. The number of pyridine rings is 2. The van der Waals surface area contributed by atoms with Gasteiger partial charge in [-0.05, 0) is 65.4 Å². The SMILES string of the molecule is CNc1c(C)c(NC2CCN(C)CC2)nc2nc(C)cc(C)c12. The maximum absolute atomic E-state index is 4.84. The number of piperidine rings is 1. The van der Waals surface area contributed by atoms with Crippen LogP contribution in [0.25, 0.3) is 11.0 Å². The van der Waals surface area contributed by atoms with Crippen LogP contribution in [0.2, 0.25) is 0 Å². The first-order chi connectivity index (χ1) is 11.0. The molecule has 0 bridgehead atoms. The largest absolute Gasteiger partial charge is 0.387 e. The molecular weight excluding hydrogens is 286 g/mol. The Bertz CT molecular complexity index is 717. The number of likely N-dealkylation sites (tertiary alicyclic amines) is 1. The summed E-state index contributed by atoms with van der Waals surface area (Å²) in [4.78, 5) is 11.9. The van der Waals surface area contributed by atoms with Crippen molar-refractivity contribution < 1.29 is 0 Å². The van der Waals surface area contributed by atoms with Gasteiger partial charge in [0.2, 0.25) is 0 Å². The van der Waals surface area contributed by atoms with Crippen LogP contribution in [-0.2, 0) is 0 Å². The molecule has 23 heavy (non-hydrogen) atoms. The Balaban J connectivity index is 2.02. The van der Waals surface area contributed by atoms with Crippen molar-refractivity contribution in [3.63, 3.8) is 0 Å². The lowest BCUT2D eigenvalue weighted by molar-refractivity contribution is 0.263. The number of aryl methyl sites for hydroxylation is 2. The summed E-state index contributed by atoms with van der Waals surface area (Å²) < 4.78 is 0. The van der Waals surface area contributed by atoms with Crippen LogP contribution in [-0.4, -0.2) is 48.1 Å². The Hall–Kier alpha value is -1.88. The van der Waals surface area contributed by atoms with Crippen molar-refractivity contribution in [2.24, 2.45) is 0 Å². The Morgan fingerprint density at radius 2 is 1.83 bits per heavy atom. The highest BCUT2D eigenvalue weighted by Crippen LogP contribution is 2.32. The Morgan fingerprint density at radius 3 is 2.48 bits per heavy atom. The maximum Gasteiger partial charge on any atom is 0.164 e. The topological polar surface area (TPSA) is 53.1 Å². The number of aromatic nitrogens is 2. The summed E-state index contributed by atoms with van der Waals surface area (Å²) in [5, 5.41) is 8.14. The van der Waals surface area contributed by atoms with Crippen LogP contribution in [0.5, 0.6) is 0 Å². The van der Waals surface area contributed by atoms with Gasteiger partial charge >= 0.3 is 0 Å². The summed E-state index contributed by atoms with van der Waals surface area (Å²) >= 11 is 0. The molecule has 1 aliphatic heterocycles. The third kappa shape index (κ3) is 3.11. The van der Waals surface area contributed by atoms with Gasteiger partial charge in [-0.25, -0.2) is 9.97 Å². The second-order valence-electron chi connectivity index (χ2n) is 6.71. The predicted molar refractivity (Wildman–Crippen MR) is 97.4 cm³/mol. The van der Waals surface area contributed by atoms with Crippen LogP contribution in [0, 0.1) is 20.8 Å². The van der Waals surface area contributed by atoms with E-state index < -0.39 is 0 Å². The quantitative estimate of drug-likeness (QED) is 0.912. The summed E-state index contributed by atoms with van der Waals surface area (Å²) in [6.45, 7) is 8.56. The van der Waals surface area contributed by atoms with Crippen LogP contribution >= 0.6 is 0 Å². The van der Waals surface area contributed by atoms with Gasteiger partial charge in [0, 0.05) is 29.7 Å². The first-order valence-corrected chi connectivity index (χ1v) is 8.41. The van der Waals surface area contributed by atoms with Crippen LogP contribution in [0.15, 0.2) is 6.07 Å². The van der Waals surface area contributed by atoms with Crippen molar-refractivity contribution in [3.05, 3.63) is 22.9 Å². The number of hydrogen-bond acceptors (Lipinski definition) is 5. The number of nitrogens with one attached hydrogen (secondary N) is 2. The molecule has 0 radical (unpaired) electrons. The molecule has 0 amide bonds. The summed E-state index contributed by atoms with van der Waals surface area (Å²) in [7, 11) is 4.16. The molecule has 124 valence electrons. The van der Waals surface area contributed by atoms with Crippen molar-refractivity contribution in [3.8, 4) is 0 Å². The Labute approximate surface area is 138 Å². The minimum atomic E-state index is 0.491. The lowest BCUT2D eigenvalue weighted by Crippen LogP contribution is -2.37. The second kappa shape index (κ2) is 6.32. The number of anilines is 2. The third-order valence-corrected chi connectivity index (χ3v) is 4.83. The van der Waals surface area contributed by atoms with Crippen LogP contribution in [0.1, 0.15) is 29.7 Å². The number of nitrogens with zero attached hydrogens (tertiary/aromatic N) is 3. The van der Waals surface area contributed by atoms with Gasteiger partial charge in [0.05, 0.1) is 5.69 Å². The lowest BCUT2D eigenvalue weighted by Gasteiger charge is -2.30. The fraction of sp³-hybridized carbons (Fsp3) is 0.556. The van der Waals surface area contributed by atoms with Gasteiger partial charge in [0.1, 0.15) is 5.82 Å². The first kappa shape index (κ1) is 16.0. The summed E-state index contributed by atoms with van der Waals surface area (Å²) in [6, 6.07) is 2.61. The van der Waals surface area contributed by atoms with Crippen LogP contribution in [0.3, 0.4) is 0 Å². The smallest absolute Gasteiger partial charge is 0.164 e. The molecule has 1 saturated heterocycles. The molecule has 0 aliphatic carbocycles.